The van der Waals surface area contributed by atoms with Crippen molar-refractivity contribution in [3.8, 4) is 17.2 Å². The lowest BCUT2D eigenvalue weighted by atomic mass is 9.93. The van der Waals surface area contributed by atoms with Crippen molar-refractivity contribution < 1.29 is 19.1 Å². The molecule has 0 aliphatic heterocycles. The zero-order valence-electron chi connectivity index (χ0n) is 23.4. The molecule has 2 amide bonds. The van der Waals surface area contributed by atoms with Crippen molar-refractivity contribution in [1.29, 1.82) is 5.26 Å². The molecule has 0 bridgehead atoms. The van der Waals surface area contributed by atoms with E-state index in [-0.39, 0.29) is 6.54 Å². The van der Waals surface area contributed by atoms with Gasteiger partial charge >= 0.3 is 12.2 Å². The first-order chi connectivity index (χ1) is 17.7. The summed E-state index contributed by atoms with van der Waals surface area (Å²) in [6.45, 7) is 10.6. The Balaban J connectivity index is 2.24. The molecule has 3 aromatic carbocycles. The maximum atomic E-state index is 13.0. The average Bonchev–Trinajstić information content (AvgIpc) is 2.79. The van der Waals surface area contributed by atoms with E-state index in [2.05, 4.69) is 16.7 Å². The van der Waals surface area contributed by atoms with Crippen LogP contribution in [0.5, 0.6) is 0 Å². The maximum absolute atomic E-state index is 13.0. The molecule has 3 rings (SSSR count). The molecule has 0 unspecified atom stereocenters. The highest BCUT2D eigenvalue weighted by atomic mass is 16.6. The van der Waals surface area contributed by atoms with E-state index in [1.165, 1.54) is 0 Å². The van der Waals surface area contributed by atoms with Gasteiger partial charge in [-0.1, -0.05) is 36.4 Å². The Kier molecular flexibility index (Phi) is 8.21. The van der Waals surface area contributed by atoms with Crippen LogP contribution in [-0.4, -0.2) is 37.5 Å². The van der Waals surface area contributed by atoms with E-state index >= 15 is 0 Å². The van der Waals surface area contributed by atoms with Gasteiger partial charge in [0.25, 0.3) is 0 Å². The van der Waals surface area contributed by atoms with Gasteiger partial charge in [-0.05, 0) is 70.0 Å². The lowest BCUT2D eigenvalue weighted by Gasteiger charge is -2.26. The smallest absolute Gasteiger partial charge is 0.412 e. The summed E-state index contributed by atoms with van der Waals surface area (Å²) in [6.07, 6.45) is -1.30. The van der Waals surface area contributed by atoms with Crippen molar-refractivity contribution in [2.45, 2.75) is 59.3 Å². The lowest BCUT2D eigenvalue weighted by molar-refractivity contribution is 0.0523. The van der Waals surface area contributed by atoms with Gasteiger partial charge in [0.05, 0.1) is 16.9 Å². The molecule has 2 N–H and O–H groups in total. The number of carbonyl (C=O) groups excluding carboxylic acids is 2. The van der Waals surface area contributed by atoms with Gasteiger partial charge in [0, 0.05) is 31.8 Å². The summed E-state index contributed by atoms with van der Waals surface area (Å²) in [7, 11) is 3.68. The Labute approximate surface area is 224 Å². The summed E-state index contributed by atoms with van der Waals surface area (Å²) >= 11 is 0. The van der Waals surface area contributed by atoms with Crippen LogP contribution in [0.25, 0.3) is 21.9 Å². The third kappa shape index (κ3) is 7.16. The van der Waals surface area contributed by atoms with Crippen LogP contribution in [0.15, 0.2) is 48.5 Å². The van der Waals surface area contributed by atoms with Crippen molar-refractivity contribution in [3.05, 3.63) is 59.7 Å². The minimum atomic E-state index is -0.732. The van der Waals surface area contributed by atoms with Crippen molar-refractivity contribution in [3.63, 3.8) is 0 Å². The van der Waals surface area contributed by atoms with Gasteiger partial charge in [-0.15, -0.1) is 0 Å². The van der Waals surface area contributed by atoms with Gasteiger partial charge in [-0.25, -0.2) is 9.59 Å². The fourth-order valence-corrected chi connectivity index (χ4v) is 3.99. The van der Waals surface area contributed by atoms with Crippen LogP contribution in [0.3, 0.4) is 0 Å². The first kappa shape index (κ1) is 28.3. The van der Waals surface area contributed by atoms with E-state index in [4.69, 9.17) is 9.47 Å². The number of ether oxygens (including phenoxy) is 2. The Morgan fingerprint density at radius 1 is 0.895 bits per heavy atom. The highest BCUT2D eigenvalue weighted by Gasteiger charge is 2.25. The number of alkyl carbamates (subject to hydrolysis) is 1. The second-order valence-corrected chi connectivity index (χ2v) is 11.2. The third-order valence-corrected chi connectivity index (χ3v) is 5.50. The summed E-state index contributed by atoms with van der Waals surface area (Å²) < 4.78 is 11.0. The lowest BCUT2D eigenvalue weighted by Crippen LogP contribution is -2.33. The van der Waals surface area contributed by atoms with E-state index < -0.39 is 23.4 Å². The number of nitriles is 1. The number of hydrogen-bond acceptors (Lipinski definition) is 6. The van der Waals surface area contributed by atoms with Gasteiger partial charge in [-0.3, -0.25) is 5.32 Å². The zero-order chi connectivity index (χ0) is 28.3. The minimum Gasteiger partial charge on any atom is -0.444 e. The van der Waals surface area contributed by atoms with Crippen LogP contribution in [0.4, 0.5) is 21.0 Å². The molecule has 0 saturated heterocycles. The number of hydrogen-bond donors (Lipinski definition) is 2. The van der Waals surface area contributed by atoms with Crippen molar-refractivity contribution >= 4 is 34.3 Å². The first-order valence-corrected chi connectivity index (χ1v) is 12.4. The largest absolute Gasteiger partial charge is 0.444 e. The second kappa shape index (κ2) is 11.0. The molecule has 0 aliphatic rings. The van der Waals surface area contributed by atoms with E-state index in [0.717, 1.165) is 16.3 Å². The molecule has 0 fully saturated rings. The molecule has 0 spiro atoms. The van der Waals surface area contributed by atoms with E-state index in [1.807, 2.05) is 67.5 Å². The Morgan fingerprint density at radius 2 is 1.50 bits per heavy atom. The predicted molar refractivity (Wildman–Crippen MR) is 151 cm³/mol. The molecule has 0 heterocycles. The summed E-state index contributed by atoms with van der Waals surface area (Å²) in [6, 6.07) is 18.1. The van der Waals surface area contributed by atoms with Gasteiger partial charge < -0.3 is 19.7 Å². The SMILES string of the molecule is CN(C)c1cc(-c2ccc3ccccc3c2)c(NC(=O)OC(C)(C)C)c(CNC(=O)OC(C)(C)C)c1C#N. The number of nitrogens with one attached hydrogen (secondary N) is 2. The number of anilines is 2. The number of fused-ring (bicyclic) bond motifs is 1. The molecular weight excluding hydrogens is 480 g/mol. The summed E-state index contributed by atoms with van der Waals surface area (Å²) in [4.78, 5) is 27.3. The fourth-order valence-electron chi connectivity index (χ4n) is 3.99. The number of amides is 2. The van der Waals surface area contributed by atoms with Gasteiger partial charge in [0.1, 0.15) is 17.3 Å². The molecular formula is C30H36N4O4. The van der Waals surface area contributed by atoms with Crippen LogP contribution < -0.4 is 15.5 Å². The normalized spacial score (nSPS) is 11.4. The van der Waals surface area contributed by atoms with Crippen LogP contribution in [0.1, 0.15) is 52.7 Å². The predicted octanol–water partition coefficient (Wildman–Crippen LogP) is 6.82. The van der Waals surface area contributed by atoms with Gasteiger partial charge in [0.15, 0.2) is 0 Å². The third-order valence-electron chi connectivity index (χ3n) is 5.50. The molecule has 0 aliphatic carbocycles. The van der Waals surface area contributed by atoms with Crippen LogP contribution in [-0.2, 0) is 16.0 Å². The standard InChI is InChI=1S/C30H36N4O4/c1-29(2,3)37-27(35)32-18-24-23(17-31)25(34(7)8)16-22(26(24)33-28(36)38-30(4,5)6)21-14-13-19-11-9-10-12-20(19)15-21/h9-16H,18H2,1-8H3,(H,32,35)(H,33,36). The van der Waals surface area contributed by atoms with Crippen LogP contribution in [0, 0.1) is 11.3 Å². The molecule has 3 aromatic rings. The van der Waals surface area contributed by atoms with Crippen LogP contribution in [0.2, 0.25) is 0 Å². The van der Waals surface area contributed by atoms with Crippen LogP contribution >= 0.6 is 0 Å². The summed E-state index contributed by atoms with van der Waals surface area (Å²) in [5.41, 5.74) is 1.89. The fraction of sp³-hybridized carbons (Fsp3) is 0.367. The summed E-state index contributed by atoms with van der Waals surface area (Å²) in [5, 5.41) is 17.9. The highest BCUT2D eigenvalue weighted by Crippen LogP contribution is 2.40. The van der Waals surface area contributed by atoms with E-state index in [9.17, 15) is 14.9 Å². The van der Waals surface area contributed by atoms with Gasteiger partial charge in [-0.2, -0.15) is 5.26 Å². The molecule has 0 radical (unpaired) electrons. The maximum Gasteiger partial charge on any atom is 0.412 e. The Morgan fingerprint density at radius 3 is 2.08 bits per heavy atom. The van der Waals surface area contributed by atoms with Gasteiger partial charge in [0.2, 0.25) is 0 Å². The zero-order valence-corrected chi connectivity index (χ0v) is 23.4. The molecule has 0 aromatic heterocycles. The quantitative estimate of drug-likeness (QED) is 0.386. The first-order valence-electron chi connectivity index (χ1n) is 12.4. The molecule has 8 heteroatoms. The van der Waals surface area contributed by atoms with Crippen molar-refractivity contribution in [1.82, 2.24) is 5.32 Å². The highest BCUT2D eigenvalue weighted by molar-refractivity contribution is 5.98. The number of nitrogens with zero attached hydrogens (tertiary/aromatic N) is 2. The topological polar surface area (TPSA) is 104 Å². The molecule has 38 heavy (non-hydrogen) atoms. The monoisotopic (exact) mass is 516 g/mol. The Hall–Kier alpha value is -4.25. The molecule has 0 atom stereocenters. The minimum absolute atomic E-state index is 0.0504. The molecule has 0 saturated carbocycles. The molecule has 8 nitrogen and oxygen atoms in total. The van der Waals surface area contributed by atoms with Crippen molar-refractivity contribution in [2.75, 3.05) is 24.3 Å². The molecule has 200 valence electrons. The average molecular weight is 517 g/mol. The van der Waals surface area contributed by atoms with Crippen molar-refractivity contribution in [2.24, 2.45) is 0 Å². The second-order valence-electron chi connectivity index (χ2n) is 11.2. The van der Waals surface area contributed by atoms with E-state index in [1.54, 1.807) is 41.5 Å². The number of rotatable bonds is 5. The Bertz CT molecular complexity index is 1390. The number of carbonyl (C=O) groups is 2. The summed E-state index contributed by atoms with van der Waals surface area (Å²) in [5.74, 6) is 0. The van der Waals surface area contributed by atoms with E-state index in [0.29, 0.717) is 28.1 Å². The number of benzene rings is 3.